The van der Waals surface area contributed by atoms with Crippen LogP contribution in [0.4, 0.5) is 0 Å². The molecule has 1 N–H and O–H groups in total. The van der Waals surface area contributed by atoms with E-state index in [4.69, 9.17) is 27.9 Å². The molecule has 2 aromatic rings. The van der Waals surface area contributed by atoms with E-state index in [1.54, 1.807) is 41.2 Å². The van der Waals surface area contributed by atoms with Gasteiger partial charge in [0.25, 0.3) is 5.91 Å². The third-order valence-electron chi connectivity index (χ3n) is 8.85. The number of carbonyl (C=O) groups is 2. The molecule has 224 valence electrons. The number of methoxy groups -OCH3 is 1. The minimum Gasteiger partial charge on any atom is -0.497 e. The molecule has 0 radical (unpaired) electrons. The molecular formula is C32H44Cl2N4O3. The number of carbonyl (C=O) groups excluding carboxylic acids is 2. The van der Waals surface area contributed by atoms with Gasteiger partial charge >= 0.3 is 0 Å². The van der Waals surface area contributed by atoms with Crippen LogP contribution < -0.4 is 10.1 Å². The van der Waals surface area contributed by atoms with E-state index in [-0.39, 0.29) is 17.7 Å². The molecule has 0 bridgehead atoms. The zero-order chi connectivity index (χ0) is 29.6. The monoisotopic (exact) mass is 602 g/mol. The van der Waals surface area contributed by atoms with Crippen LogP contribution in [0.1, 0.15) is 66.8 Å². The lowest BCUT2D eigenvalue weighted by Crippen LogP contribution is -2.66. The number of piperidine rings is 2. The number of hydrogen-bond donors (Lipinski definition) is 1. The Balaban J connectivity index is 1.56. The Morgan fingerprint density at radius 2 is 1.76 bits per heavy atom. The number of nitrogens with one attached hydrogen (secondary N) is 1. The van der Waals surface area contributed by atoms with Crippen molar-refractivity contribution >= 4 is 35.0 Å². The van der Waals surface area contributed by atoms with Gasteiger partial charge in [-0.1, -0.05) is 35.7 Å². The van der Waals surface area contributed by atoms with Crippen molar-refractivity contribution in [3.63, 3.8) is 0 Å². The zero-order valence-corrected chi connectivity index (χ0v) is 26.3. The van der Waals surface area contributed by atoms with Gasteiger partial charge < -0.3 is 19.9 Å². The van der Waals surface area contributed by atoms with E-state index in [0.717, 1.165) is 63.7 Å². The molecule has 2 saturated heterocycles. The highest BCUT2D eigenvalue weighted by Crippen LogP contribution is 2.38. The maximum Gasteiger partial charge on any atom is 0.253 e. The van der Waals surface area contributed by atoms with Gasteiger partial charge in [0.15, 0.2) is 0 Å². The Labute approximate surface area is 255 Å². The van der Waals surface area contributed by atoms with E-state index in [1.807, 2.05) is 39.3 Å². The number of nitrogens with zero attached hydrogens (tertiary/aromatic N) is 3. The molecule has 2 atom stereocenters. The van der Waals surface area contributed by atoms with Crippen LogP contribution in [-0.2, 0) is 4.79 Å². The van der Waals surface area contributed by atoms with Crippen LogP contribution in [0.15, 0.2) is 42.5 Å². The average molecular weight is 604 g/mol. The molecule has 0 spiro atoms. The van der Waals surface area contributed by atoms with E-state index in [9.17, 15) is 9.59 Å². The normalized spacial score (nSPS) is 19.8. The van der Waals surface area contributed by atoms with Crippen LogP contribution in [0.2, 0.25) is 10.0 Å². The standard InChI is InChI=1S/C32H44Cl2N4O3/c1-36(2)31(40)32(16-18-35-19-17-32)38-20-6-5-7-26(38)12-8-25(24-11-15-28(33)29(34)21-24)22-37(3)30(39)23-9-13-27(41-4)14-10-23/h9-11,13-15,21,25-26,35H,5-8,12,16-20,22H2,1-4H3. The van der Waals surface area contributed by atoms with E-state index >= 15 is 0 Å². The molecule has 2 unspecified atom stereocenters. The topological polar surface area (TPSA) is 65.1 Å². The summed E-state index contributed by atoms with van der Waals surface area (Å²) in [5.41, 5.74) is 1.23. The van der Waals surface area contributed by atoms with Crippen LogP contribution in [0.25, 0.3) is 0 Å². The number of amides is 2. The van der Waals surface area contributed by atoms with Crippen molar-refractivity contribution in [2.45, 2.75) is 62.4 Å². The van der Waals surface area contributed by atoms with Crippen molar-refractivity contribution in [1.82, 2.24) is 20.0 Å². The van der Waals surface area contributed by atoms with Crippen molar-refractivity contribution in [1.29, 1.82) is 0 Å². The van der Waals surface area contributed by atoms with Gasteiger partial charge in [0.05, 0.1) is 17.2 Å². The van der Waals surface area contributed by atoms with Crippen LogP contribution in [0, 0.1) is 0 Å². The van der Waals surface area contributed by atoms with Crippen LogP contribution >= 0.6 is 23.2 Å². The summed E-state index contributed by atoms with van der Waals surface area (Å²) < 4.78 is 5.25. The Hall–Kier alpha value is -2.32. The molecule has 0 aliphatic carbocycles. The smallest absolute Gasteiger partial charge is 0.253 e. The number of ether oxygens (including phenoxy) is 1. The second-order valence-corrected chi connectivity index (χ2v) is 12.5. The van der Waals surface area contributed by atoms with Gasteiger partial charge in [-0.05, 0) is 100 Å². The van der Waals surface area contributed by atoms with Gasteiger partial charge in [-0.2, -0.15) is 0 Å². The lowest BCUT2D eigenvalue weighted by atomic mass is 9.80. The summed E-state index contributed by atoms with van der Waals surface area (Å²) in [6.07, 6.45) is 6.81. The summed E-state index contributed by atoms with van der Waals surface area (Å²) in [6.45, 7) is 3.19. The molecule has 0 aromatic heterocycles. The largest absolute Gasteiger partial charge is 0.497 e. The molecule has 2 heterocycles. The summed E-state index contributed by atoms with van der Waals surface area (Å²) in [7, 11) is 7.22. The molecule has 9 heteroatoms. The first-order valence-corrected chi connectivity index (χ1v) is 15.5. The minimum atomic E-state index is -0.458. The maximum atomic E-state index is 13.7. The average Bonchev–Trinajstić information content (AvgIpc) is 3.00. The molecule has 41 heavy (non-hydrogen) atoms. The SMILES string of the molecule is COc1ccc(C(=O)N(C)CC(CCC2CCCCN2C2(C(=O)N(C)C)CCNCC2)c2ccc(Cl)c(Cl)c2)cc1. The summed E-state index contributed by atoms with van der Waals surface area (Å²) in [5, 5.41) is 4.49. The van der Waals surface area contributed by atoms with Crippen molar-refractivity contribution in [2.75, 3.05) is 54.4 Å². The van der Waals surface area contributed by atoms with Crippen LogP contribution in [-0.4, -0.2) is 92.5 Å². The molecule has 7 nitrogen and oxygen atoms in total. The maximum absolute atomic E-state index is 13.7. The first-order chi connectivity index (χ1) is 19.7. The van der Waals surface area contributed by atoms with E-state index in [2.05, 4.69) is 10.2 Å². The number of likely N-dealkylation sites (tertiary alicyclic amines) is 1. The molecule has 2 aliphatic heterocycles. The Kier molecular flexibility index (Phi) is 11.0. The fourth-order valence-corrected chi connectivity index (χ4v) is 6.94. The quantitative estimate of drug-likeness (QED) is 0.378. The zero-order valence-electron chi connectivity index (χ0n) is 24.8. The molecule has 2 aliphatic rings. The molecule has 2 aromatic carbocycles. The van der Waals surface area contributed by atoms with Gasteiger partial charge in [-0.25, -0.2) is 0 Å². The van der Waals surface area contributed by atoms with Gasteiger partial charge in [0.1, 0.15) is 11.3 Å². The van der Waals surface area contributed by atoms with Gasteiger partial charge in [-0.15, -0.1) is 0 Å². The Morgan fingerprint density at radius 3 is 2.39 bits per heavy atom. The second kappa shape index (κ2) is 14.2. The summed E-state index contributed by atoms with van der Waals surface area (Å²) in [5.74, 6) is 0.961. The predicted molar refractivity (Wildman–Crippen MR) is 166 cm³/mol. The summed E-state index contributed by atoms with van der Waals surface area (Å²) >= 11 is 12.7. The van der Waals surface area contributed by atoms with Crippen molar-refractivity contribution < 1.29 is 14.3 Å². The number of rotatable bonds is 10. The fourth-order valence-electron chi connectivity index (χ4n) is 6.64. The Morgan fingerprint density at radius 1 is 1.05 bits per heavy atom. The number of likely N-dealkylation sites (N-methyl/N-ethyl adjacent to an activating group) is 2. The van der Waals surface area contributed by atoms with Crippen molar-refractivity contribution in [3.05, 3.63) is 63.6 Å². The van der Waals surface area contributed by atoms with Crippen molar-refractivity contribution in [3.8, 4) is 5.75 Å². The molecule has 2 amide bonds. The van der Waals surface area contributed by atoms with Gasteiger partial charge in [0, 0.05) is 45.2 Å². The third kappa shape index (κ3) is 7.37. The van der Waals surface area contributed by atoms with Crippen LogP contribution in [0.3, 0.4) is 0 Å². The summed E-state index contributed by atoms with van der Waals surface area (Å²) in [6, 6.07) is 13.3. The van der Waals surface area contributed by atoms with Gasteiger partial charge in [0.2, 0.25) is 5.91 Å². The highest BCUT2D eigenvalue weighted by Gasteiger charge is 2.48. The number of halogens is 2. The highest BCUT2D eigenvalue weighted by atomic mass is 35.5. The van der Waals surface area contributed by atoms with Crippen LogP contribution in [0.5, 0.6) is 5.75 Å². The number of benzene rings is 2. The van der Waals surface area contributed by atoms with Crippen molar-refractivity contribution in [2.24, 2.45) is 0 Å². The molecule has 4 rings (SSSR count). The number of hydrogen-bond acceptors (Lipinski definition) is 5. The first-order valence-electron chi connectivity index (χ1n) is 14.7. The summed E-state index contributed by atoms with van der Waals surface area (Å²) in [4.78, 5) is 33.1. The first kappa shape index (κ1) is 31.6. The Bertz CT molecular complexity index is 1180. The lowest BCUT2D eigenvalue weighted by Gasteiger charge is -2.51. The van der Waals surface area contributed by atoms with E-state index < -0.39 is 5.54 Å². The molecular weight excluding hydrogens is 559 g/mol. The lowest BCUT2D eigenvalue weighted by molar-refractivity contribution is -0.148. The fraction of sp³-hybridized carbons (Fsp3) is 0.562. The third-order valence-corrected chi connectivity index (χ3v) is 9.59. The van der Waals surface area contributed by atoms with E-state index in [1.165, 1.54) is 6.42 Å². The second-order valence-electron chi connectivity index (χ2n) is 11.7. The van der Waals surface area contributed by atoms with Gasteiger partial charge in [-0.3, -0.25) is 14.5 Å². The minimum absolute atomic E-state index is 0.0396. The molecule has 2 fully saturated rings. The van der Waals surface area contributed by atoms with E-state index in [0.29, 0.717) is 33.9 Å². The predicted octanol–water partition coefficient (Wildman–Crippen LogP) is 5.70. The molecule has 0 saturated carbocycles. The highest BCUT2D eigenvalue weighted by molar-refractivity contribution is 6.42.